The molecule has 0 aromatic heterocycles. The minimum Gasteiger partial charge on any atom is -0.492 e. The molecule has 1 unspecified atom stereocenters. The Labute approximate surface area is 149 Å². The maximum Gasteiger partial charge on any atom is 0.304 e. The normalized spacial score (nSPS) is 17.3. The van der Waals surface area contributed by atoms with Crippen LogP contribution in [0.2, 0.25) is 0 Å². The molecule has 0 saturated carbocycles. The van der Waals surface area contributed by atoms with Crippen LogP contribution in [0.4, 0.5) is 4.39 Å². The molecule has 136 valence electrons. The van der Waals surface area contributed by atoms with Crippen LogP contribution < -0.4 is 18.9 Å². The summed E-state index contributed by atoms with van der Waals surface area (Å²) in [5, 5.41) is 8.95. The number of carboxylic acid groups (broad SMARTS) is 1. The Hall–Kier alpha value is -2.96. The number of hydrogen-bond donors (Lipinski definition) is 1. The van der Waals surface area contributed by atoms with E-state index >= 15 is 0 Å². The molecular weight excluding hydrogens is 343 g/mol. The average molecular weight is 360 g/mol. The number of rotatable bonds is 5. The Balaban J connectivity index is 1.50. The highest BCUT2D eigenvalue weighted by molar-refractivity contribution is 5.68. The highest BCUT2D eigenvalue weighted by atomic mass is 19.1. The lowest BCUT2D eigenvalue weighted by atomic mass is 9.98. The predicted molar refractivity (Wildman–Crippen MR) is 88.7 cm³/mol. The molecule has 0 aliphatic carbocycles. The molecule has 7 heteroatoms. The van der Waals surface area contributed by atoms with E-state index in [1.54, 1.807) is 12.1 Å². The highest BCUT2D eigenvalue weighted by Gasteiger charge is 2.27. The van der Waals surface area contributed by atoms with Crippen molar-refractivity contribution in [3.05, 3.63) is 47.3 Å². The van der Waals surface area contributed by atoms with Crippen molar-refractivity contribution in [2.24, 2.45) is 0 Å². The number of hydrogen-bond acceptors (Lipinski definition) is 5. The monoisotopic (exact) mass is 360 g/mol. The summed E-state index contributed by atoms with van der Waals surface area (Å²) in [5.41, 5.74) is 1.42. The van der Waals surface area contributed by atoms with Gasteiger partial charge in [-0.15, -0.1) is 0 Å². The van der Waals surface area contributed by atoms with Gasteiger partial charge in [0.05, 0.1) is 13.0 Å². The zero-order chi connectivity index (χ0) is 18.1. The van der Waals surface area contributed by atoms with Crippen LogP contribution in [-0.4, -0.2) is 30.9 Å². The van der Waals surface area contributed by atoms with Crippen molar-refractivity contribution in [2.75, 3.05) is 19.8 Å². The summed E-state index contributed by atoms with van der Waals surface area (Å²) in [7, 11) is 0. The minimum absolute atomic E-state index is 0.0277. The Kier molecular flexibility index (Phi) is 4.28. The van der Waals surface area contributed by atoms with Crippen molar-refractivity contribution in [3.63, 3.8) is 0 Å². The molecule has 6 nitrogen and oxygen atoms in total. The van der Waals surface area contributed by atoms with E-state index in [9.17, 15) is 9.18 Å². The smallest absolute Gasteiger partial charge is 0.304 e. The van der Waals surface area contributed by atoms with Gasteiger partial charge in [0, 0.05) is 29.2 Å². The van der Waals surface area contributed by atoms with Crippen molar-refractivity contribution in [2.45, 2.75) is 18.9 Å². The second kappa shape index (κ2) is 6.74. The molecule has 4 rings (SSSR count). The van der Waals surface area contributed by atoms with Gasteiger partial charge in [0.1, 0.15) is 37.1 Å². The minimum atomic E-state index is -0.857. The van der Waals surface area contributed by atoms with Crippen molar-refractivity contribution < 1.29 is 33.2 Å². The third-order valence-electron chi connectivity index (χ3n) is 4.36. The first-order valence-corrected chi connectivity index (χ1v) is 8.29. The van der Waals surface area contributed by atoms with E-state index in [2.05, 4.69) is 0 Å². The van der Waals surface area contributed by atoms with E-state index in [0.29, 0.717) is 48.4 Å². The number of halogens is 1. The quantitative estimate of drug-likeness (QED) is 0.883. The van der Waals surface area contributed by atoms with Gasteiger partial charge < -0.3 is 24.1 Å². The lowest BCUT2D eigenvalue weighted by Crippen LogP contribution is -2.17. The van der Waals surface area contributed by atoms with Gasteiger partial charge in [-0.25, -0.2) is 4.39 Å². The largest absolute Gasteiger partial charge is 0.492 e. The van der Waals surface area contributed by atoms with Crippen molar-refractivity contribution in [1.29, 1.82) is 0 Å². The van der Waals surface area contributed by atoms with Crippen LogP contribution in [0.5, 0.6) is 23.0 Å². The number of fused-ring (bicyclic) bond motifs is 2. The maximum absolute atomic E-state index is 13.7. The summed E-state index contributed by atoms with van der Waals surface area (Å²) in [6.45, 7) is 1.24. The molecule has 0 fully saturated rings. The molecule has 2 aliphatic rings. The van der Waals surface area contributed by atoms with Gasteiger partial charge in [-0.1, -0.05) is 6.07 Å². The average Bonchev–Trinajstić information content (AvgIpc) is 3.01. The molecule has 2 aromatic rings. The topological polar surface area (TPSA) is 74.2 Å². The number of aliphatic carboxylic acids is 1. The van der Waals surface area contributed by atoms with E-state index in [4.69, 9.17) is 24.1 Å². The van der Waals surface area contributed by atoms with Crippen LogP contribution in [-0.2, 0) is 11.4 Å². The van der Waals surface area contributed by atoms with Crippen LogP contribution >= 0.6 is 0 Å². The van der Waals surface area contributed by atoms with E-state index in [-0.39, 0.29) is 18.9 Å². The number of carbonyl (C=O) groups is 1. The van der Waals surface area contributed by atoms with E-state index in [1.165, 1.54) is 12.1 Å². The third kappa shape index (κ3) is 3.24. The lowest BCUT2D eigenvalue weighted by Gasteiger charge is -2.21. The molecule has 1 atom stereocenters. The first-order chi connectivity index (χ1) is 12.6. The molecule has 2 aromatic carbocycles. The summed E-state index contributed by atoms with van der Waals surface area (Å²) >= 11 is 0. The van der Waals surface area contributed by atoms with Gasteiger partial charge in [0.2, 0.25) is 0 Å². The molecule has 1 N–H and O–H groups in total. The van der Waals surface area contributed by atoms with Crippen molar-refractivity contribution in [1.82, 2.24) is 0 Å². The molecule has 0 saturated heterocycles. The summed E-state index contributed by atoms with van der Waals surface area (Å²) in [6, 6.07) is 7.95. The Morgan fingerprint density at radius 2 is 2.00 bits per heavy atom. The van der Waals surface area contributed by atoms with Gasteiger partial charge in [0.15, 0.2) is 11.5 Å². The van der Waals surface area contributed by atoms with E-state index in [1.807, 2.05) is 6.07 Å². The molecule has 0 spiro atoms. The Morgan fingerprint density at radius 1 is 1.15 bits per heavy atom. The van der Waals surface area contributed by atoms with Crippen LogP contribution in [0.1, 0.15) is 23.5 Å². The zero-order valence-corrected chi connectivity index (χ0v) is 13.9. The molecule has 0 amide bonds. The molecule has 26 heavy (non-hydrogen) atoms. The zero-order valence-electron chi connectivity index (χ0n) is 13.9. The number of ether oxygens (including phenoxy) is 4. The number of benzene rings is 2. The van der Waals surface area contributed by atoms with Gasteiger partial charge in [-0.05, 0) is 12.1 Å². The molecule has 0 radical (unpaired) electrons. The first-order valence-electron chi connectivity index (χ1n) is 8.29. The number of carboxylic acids is 1. The Morgan fingerprint density at radius 3 is 2.85 bits per heavy atom. The summed E-state index contributed by atoms with van der Waals surface area (Å²) < 4.78 is 36.1. The van der Waals surface area contributed by atoms with Crippen LogP contribution in [0.15, 0.2) is 30.3 Å². The Bertz CT molecular complexity index is 850. The van der Waals surface area contributed by atoms with Crippen LogP contribution in [0.3, 0.4) is 0 Å². The lowest BCUT2D eigenvalue weighted by molar-refractivity contribution is -0.137. The third-order valence-corrected chi connectivity index (χ3v) is 4.36. The van der Waals surface area contributed by atoms with E-state index in [0.717, 1.165) is 5.56 Å². The molecular formula is C19H17FO6. The van der Waals surface area contributed by atoms with Gasteiger partial charge in [0.25, 0.3) is 0 Å². The predicted octanol–water partition coefficient (Wildman–Crippen LogP) is 3.13. The van der Waals surface area contributed by atoms with Crippen molar-refractivity contribution >= 4 is 5.97 Å². The van der Waals surface area contributed by atoms with E-state index < -0.39 is 11.8 Å². The van der Waals surface area contributed by atoms with Gasteiger partial charge in [-0.3, -0.25) is 4.79 Å². The molecule has 0 bridgehead atoms. The first kappa shape index (κ1) is 16.5. The van der Waals surface area contributed by atoms with Crippen LogP contribution in [0, 0.1) is 5.82 Å². The SMILES string of the molecule is O=C(O)CC1COc2cc(OCc3cc(F)cc4c3OCCO4)ccc21. The fourth-order valence-corrected chi connectivity index (χ4v) is 3.18. The molecule has 2 heterocycles. The summed E-state index contributed by atoms with van der Waals surface area (Å²) in [6.07, 6.45) is 0.0277. The maximum atomic E-state index is 13.7. The van der Waals surface area contributed by atoms with Crippen molar-refractivity contribution in [3.8, 4) is 23.0 Å². The second-order valence-corrected chi connectivity index (χ2v) is 6.18. The standard InChI is InChI=1S/C19H17FO6/c20-13-5-12(19-17(7-13)23-3-4-24-19)10-25-14-1-2-15-11(6-18(21)22)9-26-16(15)8-14/h1-2,5,7-8,11H,3-4,6,9-10H2,(H,21,22). The fourth-order valence-electron chi connectivity index (χ4n) is 3.18. The summed E-state index contributed by atoms with van der Waals surface area (Å²) in [5.74, 6) is 0.619. The van der Waals surface area contributed by atoms with Gasteiger partial charge >= 0.3 is 5.97 Å². The fraction of sp³-hybridized carbons (Fsp3) is 0.316. The highest BCUT2D eigenvalue weighted by Crippen LogP contribution is 2.39. The summed E-state index contributed by atoms with van der Waals surface area (Å²) in [4.78, 5) is 10.9. The van der Waals surface area contributed by atoms with Crippen LogP contribution in [0.25, 0.3) is 0 Å². The second-order valence-electron chi connectivity index (χ2n) is 6.18. The molecule has 2 aliphatic heterocycles. The van der Waals surface area contributed by atoms with Gasteiger partial charge in [-0.2, -0.15) is 0 Å².